The van der Waals surface area contributed by atoms with Gasteiger partial charge in [0.2, 0.25) is 21.8 Å². The van der Waals surface area contributed by atoms with Gasteiger partial charge in [0, 0.05) is 25.6 Å². The van der Waals surface area contributed by atoms with Crippen molar-refractivity contribution in [3.63, 3.8) is 0 Å². The minimum atomic E-state index is -3.54. The number of halogens is 1. The summed E-state index contributed by atoms with van der Waals surface area (Å²) in [5.41, 5.74) is 2.27. The number of rotatable bonds is 11. The predicted molar refractivity (Wildman–Crippen MR) is 139 cm³/mol. The van der Waals surface area contributed by atoms with Crippen LogP contribution in [0.3, 0.4) is 0 Å². The molecule has 1 aliphatic carbocycles. The molecule has 3 rings (SSSR count). The Labute approximate surface area is 213 Å². The molecule has 1 fully saturated rings. The van der Waals surface area contributed by atoms with Crippen molar-refractivity contribution >= 4 is 27.5 Å². The zero-order valence-corrected chi connectivity index (χ0v) is 22.1. The van der Waals surface area contributed by atoms with Crippen molar-refractivity contribution < 1.29 is 22.4 Å². The Kier molecular flexibility index (Phi) is 9.48. The minimum absolute atomic E-state index is 0.0696. The van der Waals surface area contributed by atoms with Gasteiger partial charge in [0.15, 0.2) is 0 Å². The van der Waals surface area contributed by atoms with Gasteiger partial charge in [-0.1, -0.05) is 42.7 Å². The predicted octanol–water partition coefficient (Wildman–Crippen LogP) is 4.16. The number of carbonyl (C=O) groups is 2. The van der Waals surface area contributed by atoms with Crippen molar-refractivity contribution in [2.24, 2.45) is 0 Å². The number of carbonyl (C=O) groups excluding carboxylic acids is 2. The fourth-order valence-electron chi connectivity index (χ4n) is 4.48. The molecule has 0 spiro atoms. The SMILES string of the molecule is Cc1ccc(N(CCCC(=O)N(Cc2ccc(F)cc2)[C@@H](C)C(=O)NC2CCCC2)S(C)(=O)=O)cc1. The summed E-state index contributed by atoms with van der Waals surface area (Å²) < 4.78 is 39.5. The molecule has 2 amide bonds. The highest BCUT2D eigenvalue weighted by Crippen LogP contribution is 2.21. The first kappa shape index (κ1) is 27.6. The molecule has 2 aromatic rings. The van der Waals surface area contributed by atoms with Crippen LogP contribution in [0.25, 0.3) is 0 Å². The van der Waals surface area contributed by atoms with Gasteiger partial charge in [-0.3, -0.25) is 13.9 Å². The smallest absolute Gasteiger partial charge is 0.242 e. The number of nitrogens with one attached hydrogen (secondary N) is 1. The third kappa shape index (κ3) is 7.78. The van der Waals surface area contributed by atoms with Crippen LogP contribution >= 0.6 is 0 Å². The van der Waals surface area contributed by atoms with E-state index in [4.69, 9.17) is 0 Å². The Morgan fingerprint density at radius 1 is 1.06 bits per heavy atom. The van der Waals surface area contributed by atoms with Crippen LogP contribution in [0.1, 0.15) is 56.6 Å². The number of sulfonamides is 1. The molecule has 0 unspecified atom stereocenters. The zero-order valence-electron chi connectivity index (χ0n) is 21.2. The van der Waals surface area contributed by atoms with E-state index in [1.54, 1.807) is 31.2 Å². The van der Waals surface area contributed by atoms with Crippen LogP contribution in [0.5, 0.6) is 0 Å². The largest absolute Gasteiger partial charge is 0.352 e. The van der Waals surface area contributed by atoms with E-state index in [9.17, 15) is 22.4 Å². The molecule has 1 atom stereocenters. The molecule has 1 aliphatic rings. The monoisotopic (exact) mass is 517 g/mol. The van der Waals surface area contributed by atoms with Crippen molar-refractivity contribution in [3.8, 4) is 0 Å². The normalized spacial score (nSPS) is 14.9. The summed E-state index contributed by atoms with van der Waals surface area (Å²) in [4.78, 5) is 27.8. The van der Waals surface area contributed by atoms with Crippen molar-refractivity contribution in [1.29, 1.82) is 0 Å². The van der Waals surface area contributed by atoms with Crippen LogP contribution < -0.4 is 9.62 Å². The van der Waals surface area contributed by atoms with E-state index in [1.165, 1.54) is 21.3 Å². The maximum Gasteiger partial charge on any atom is 0.242 e. The van der Waals surface area contributed by atoms with Gasteiger partial charge in [0.1, 0.15) is 11.9 Å². The first-order chi connectivity index (χ1) is 17.0. The summed E-state index contributed by atoms with van der Waals surface area (Å²) in [6.45, 7) is 3.92. The van der Waals surface area contributed by atoms with Gasteiger partial charge in [-0.25, -0.2) is 12.8 Å². The fraction of sp³-hybridized carbons (Fsp3) is 0.481. The van der Waals surface area contributed by atoms with E-state index in [0.717, 1.165) is 37.5 Å². The summed E-state index contributed by atoms with van der Waals surface area (Å²) >= 11 is 0. The van der Waals surface area contributed by atoms with Crippen LogP contribution in [0.2, 0.25) is 0 Å². The van der Waals surface area contributed by atoms with Gasteiger partial charge in [-0.05, 0) is 62.9 Å². The number of hydrogen-bond acceptors (Lipinski definition) is 4. The molecule has 1 saturated carbocycles. The standard InChI is InChI=1S/C27H36FN3O4S/c1-20-10-16-25(17-11-20)31(36(3,34)35)18-6-9-26(32)30(19-22-12-14-23(28)15-13-22)21(2)27(33)29-24-7-4-5-8-24/h10-17,21,24H,4-9,18-19H2,1-3H3,(H,29,33)/t21-/m0/s1. The van der Waals surface area contributed by atoms with Gasteiger partial charge in [-0.2, -0.15) is 0 Å². The average Bonchev–Trinajstić information content (AvgIpc) is 3.34. The molecule has 1 N–H and O–H groups in total. The second-order valence-corrected chi connectivity index (χ2v) is 11.5. The summed E-state index contributed by atoms with van der Waals surface area (Å²) in [5, 5.41) is 3.05. The Hall–Kier alpha value is -2.94. The summed E-state index contributed by atoms with van der Waals surface area (Å²) in [7, 11) is -3.54. The second kappa shape index (κ2) is 12.3. The van der Waals surface area contributed by atoms with Crippen LogP contribution in [-0.4, -0.2) is 50.0 Å². The van der Waals surface area contributed by atoms with Gasteiger partial charge in [0.05, 0.1) is 11.9 Å². The number of aryl methyl sites for hydroxylation is 1. The first-order valence-electron chi connectivity index (χ1n) is 12.4. The zero-order chi connectivity index (χ0) is 26.3. The molecular weight excluding hydrogens is 481 g/mol. The van der Waals surface area contributed by atoms with Crippen molar-refractivity contribution in [2.45, 2.75) is 71.0 Å². The lowest BCUT2D eigenvalue weighted by atomic mass is 10.1. The third-order valence-electron chi connectivity index (χ3n) is 6.61. The number of amides is 2. The van der Waals surface area contributed by atoms with Crippen molar-refractivity contribution in [2.75, 3.05) is 17.1 Å². The topological polar surface area (TPSA) is 86.8 Å². The van der Waals surface area contributed by atoms with E-state index in [2.05, 4.69) is 5.32 Å². The van der Waals surface area contributed by atoms with Gasteiger partial charge >= 0.3 is 0 Å². The maximum atomic E-state index is 13.4. The quantitative estimate of drug-likeness (QED) is 0.485. The third-order valence-corrected chi connectivity index (χ3v) is 7.80. The Balaban J connectivity index is 1.70. The minimum Gasteiger partial charge on any atom is -0.352 e. The van der Waals surface area contributed by atoms with Crippen LogP contribution in [0, 0.1) is 12.7 Å². The maximum absolute atomic E-state index is 13.4. The molecule has 36 heavy (non-hydrogen) atoms. The van der Waals surface area contributed by atoms with Crippen molar-refractivity contribution in [3.05, 3.63) is 65.5 Å². The highest BCUT2D eigenvalue weighted by atomic mass is 32.2. The van der Waals surface area contributed by atoms with E-state index in [-0.39, 0.29) is 49.6 Å². The Bertz CT molecular complexity index is 1130. The lowest BCUT2D eigenvalue weighted by Gasteiger charge is -2.30. The molecule has 0 saturated heterocycles. The summed E-state index contributed by atoms with van der Waals surface area (Å²) in [5.74, 6) is -0.846. The first-order valence-corrected chi connectivity index (χ1v) is 14.3. The molecule has 0 aromatic heterocycles. The Morgan fingerprint density at radius 2 is 1.67 bits per heavy atom. The number of anilines is 1. The highest BCUT2D eigenvalue weighted by Gasteiger charge is 2.28. The highest BCUT2D eigenvalue weighted by molar-refractivity contribution is 7.92. The lowest BCUT2D eigenvalue weighted by molar-refractivity contribution is -0.141. The van der Waals surface area contributed by atoms with Gasteiger partial charge < -0.3 is 10.2 Å². The lowest BCUT2D eigenvalue weighted by Crippen LogP contribution is -2.49. The van der Waals surface area contributed by atoms with E-state index < -0.39 is 16.1 Å². The molecule has 0 aliphatic heterocycles. The molecule has 196 valence electrons. The van der Waals surface area contributed by atoms with Crippen LogP contribution in [-0.2, 0) is 26.2 Å². The summed E-state index contributed by atoms with van der Waals surface area (Å²) in [6, 6.07) is 12.4. The van der Waals surface area contributed by atoms with Gasteiger partial charge in [0.25, 0.3) is 0 Å². The van der Waals surface area contributed by atoms with Gasteiger partial charge in [-0.15, -0.1) is 0 Å². The number of benzene rings is 2. The van der Waals surface area contributed by atoms with Crippen LogP contribution in [0.15, 0.2) is 48.5 Å². The van der Waals surface area contributed by atoms with E-state index >= 15 is 0 Å². The molecule has 9 heteroatoms. The summed E-state index contributed by atoms with van der Waals surface area (Å²) in [6.07, 6.45) is 5.53. The number of hydrogen-bond donors (Lipinski definition) is 1. The average molecular weight is 518 g/mol. The Morgan fingerprint density at radius 3 is 2.25 bits per heavy atom. The fourth-order valence-corrected chi connectivity index (χ4v) is 5.44. The van der Waals surface area contributed by atoms with Crippen molar-refractivity contribution in [1.82, 2.24) is 10.2 Å². The molecule has 0 radical (unpaired) electrons. The molecular formula is C27H36FN3O4S. The van der Waals surface area contributed by atoms with E-state index in [0.29, 0.717) is 11.3 Å². The van der Waals surface area contributed by atoms with E-state index in [1.807, 2.05) is 19.1 Å². The van der Waals surface area contributed by atoms with Crippen LogP contribution in [0.4, 0.5) is 10.1 Å². The molecule has 7 nitrogen and oxygen atoms in total. The number of nitrogens with zero attached hydrogens (tertiary/aromatic N) is 2. The molecule has 0 heterocycles. The second-order valence-electron chi connectivity index (χ2n) is 9.59. The molecule has 2 aromatic carbocycles. The molecule has 0 bridgehead atoms.